The molecule has 60 valence electrons. The zero-order valence-electron chi connectivity index (χ0n) is 7.16. The van der Waals surface area contributed by atoms with Gasteiger partial charge in [0.05, 0.1) is 0 Å². The first kappa shape index (κ1) is 8.76. The van der Waals surface area contributed by atoms with E-state index < -0.39 is 0 Å². The first-order chi connectivity index (χ1) is 5.00. The zero-order chi connectivity index (χ0) is 8.48. The molecular weight excluding hydrogens is 201 g/mol. The van der Waals surface area contributed by atoms with Crippen LogP contribution < -0.4 is 0 Å². The van der Waals surface area contributed by atoms with E-state index in [9.17, 15) is 0 Å². The van der Waals surface area contributed by atoms with E-state index >= 15 is 0 Å². The summed E-state index contributed by atoms with van der Waals surface area (Å²) < 4.78 is 3.37. The molecule has 0 aliphatic rings. The summed E-state index contributed by atoms with van der Waals surface area (Å²) in [5.74, 6) is 0. The molecule has 0 saturated heterocycles. The second-order valence-corrected chi connectivity index (χ2v) is 4.60. The van der Waals surface area contributed by atoms with Gasteiger partial charge < -0.3 is 0 Å². The van der Waals surface area contributed by atoms with Gasteiger partial charge in [-0.15, -0.1) is 0 Å². The fourth-order valence-electron chi connectivity index (χ4n) is 0.860. The van der Waals surface area contributed by atoms with Crippen LogP contribution in [0.5, 0.6) is 0 Å². The van der Waals surface area contributed by atoms with Crippen molar-refractivity contribution in [3.63, 3.8) is 0 Å². The third kappa shape index (κ3) is 2.32. The standard InChI is InChI=1S/C9H13NSe/c1-9(2,3)10-6-4-8(11)5-7-10/h4-7H,1-3H3. The molecule has 0 atom stereocenters. The quantitative estimate of drug-likeness (QED) is 0.582. The van der Waals surface area contributed by atoms with Gasteiger partial charge in [0.25, 0.3) is 0 Å². The van der Waals surface area contributed by atoms with E-state index in [4.69, 9.17) is 0 Å². The fraction of sp³-hybridized carbons (Fsp3) is 0.444. The van der Waals surface area contributed by atoms with Gasteiger partial charge in [0.15, 0.2) is 0 Å². The van der Waals surface area contributed by atoms with Gasteiger partial charge in [-0.3, -0.25) is 0 Å². The second kappa shape index (κ2) is 2.96. The zero-order valence-corrected chi connectivity index (χ0v) is 8.88. The second-order valence-electron chi connectivity index (χ2n) is 3.61. The van der Waals surface area contributed by atoms with Crippen molar-refractivity contribution >= 4 is 15.6 Å². The molecule has 0 aliphatic heterocycles. The summed E-state index contributed by atoms with van der Waals surface area (Å²) in [4.78, 5) is 0. The van der Waals surface area contributed by atoms with Gasteiger partial charge in [0.1, 0.15) is 0 Å². The molecule has 0 bridgehead atoms. The molecule has 0 N–H and O–H groups in total. The maximum atomic E-state index is 2.97. The Balaban J connectivity index is 3.09. The van der Waals surface area contributed by atoms with E-state index in [0.717, 1.165) is 0 Å². The van der Waals surface area contributed by atoms with Crippen LogP contribution in [0.25, 0.3) is 0 Å². The minimum absolute atomic E-state index is 0.188. The van der Waals surface area contributed by atoms with E-state index in [1.165, 1.54) is 4.06 Å². The Morgan fingerprint density at radius 1 is 1.18 bits per heavy atom. The molecule has 1 aromatic heterocycles. The summed E-state index contributed by atoms with van der Waals surface area (Å²) in [6, 6.07) is 4.15. The molecule has 0 aliphatic carbocycles. The third-order valence-corrected chi connectivity index (χ3v) is 2.14. The Morgan fingerprint density at radius 2 is 1.64 bits per heavy atom. The SMILES string of the molecule is CC(C)(C)n1ccc(=[Se])cc1. The fourth-order valence-corrected chi connectivity index (χ4v) is 1.12. The van der Waals surface area contributed by atoms with Crippen LogP contribution in [0, 0.1) is 4.06 Å². The Labute approximate surface area is 75.4 Å². The molecule has 0 fully saturated rings. The predicted molar refractivity (Wildman–Crippen MR) is 48.4 cm³/mol. The van der Waals surface area contributed by atoms with Gasteiger partial charge in [0.2, 0.25) is 0 Å². The van der Waals surface area contributed by atoms with Crippen LogP contribution in [0.1, 0.15) is 20.8 Å². The third-order valence-electron chi connectivity index (χ3n) is 1.57. The summed E-state index contributed by atoms with van der Waals surface area (Å²) in [6.45, 7) is 6.56. The minimum atomic E-state index is 0.188. The van der Waals surface area contributed by atoms with Crippen molar-refractivity contribution in [2.75, 3.05) is 0 Å². The van der Waals surface area contributed by atoms with E-state index in [1.807, 2.05) is 0 Å². The molecule has 0 amide bonds. The molecule has 0 radical (unpaired) electrons. The van der Waals surface area contributed by atoms with E-state index in [1.54, 1.807) is 0 Å². The number of hydrogen-bond acceptors (Lipinski definition) is 0. The topological polar surface area (TPSA) is 4.93 Å². The van der Waals surface area contributed by atoms with Crippen molar-refractivity contribution in [1.82, 2.24) is 4.57 Å². The molecule has 0 aromatic carbocycles. The molecule has 1 heterocycles. The Kier molecular flexibility index (Phi) is 2.36. The molecule has 0 spiro atoms. The monoisotopic (exact) mass is 215 g/mol. The molecule has 0 unspecified atom stereocenters. The van der Waals surface area contributed by atoms with Crippen molar-refractivity contribution in [2.24, 2.45) is 0 Å². The number of hydrogen-bond donors (Lipinski definition) is 0. The summed E-state index contributed by atoms with van der Waals surface area (Å²) in [6.07, 6.45) is 4.18. The van der Waals surface area contributed by atoms with Gasteiger partial charge in [-0.1, -0.05) is 0 Å². The molecule has 2 heteroatoms. The van der Waals surface area contributed by atoms with Gasteiger partial charge in [-0.2, -0.15) is 0 Å². The number of aromatic nitrogens is 1. The molecule has 11 heavy (non-hydrogen) atoms. The van der Waals surface area contributed by atoms with Crippen LogP contribution in [-0.2, 0) is 5.54 Å². The van der Waals surface area contributed by atoms with Crippen molar-refractivity contribution < 1.29 is 0 Å². The molecule has 1 rings (SSSR count). The van der Waals surface area contributed by atoms with Gasteiger partial charge in [0, 0.05) is 0 Å². The van der Waals surface area contributed by atoms with Crippen molar-refractivity contribution in [2.45, 2.75) is 26.3 Å². The molecule has 0 saturated carbocycles. The maximum absolute atomic E-state index is 2.97. The summed E-state index contributed by atoms with van der Waals surface area (Å²) >= 11 is 2.97. The van der Waals surface area contributed by atoms with E-state index in [-0.39, 0.29) is 5.54 Å². The van der Waals surface area contributed by atoms with Crippen molar-refractivity contribution in [1.29, 1.82) is 0 Å². The van der Waals surface area contributed by atoms with E-state index in [0.29, 0.717) is 0 Å². The number of nitrogens with zero attached hydrogens (tertiary/aromatic N) is 1. The number of pyridine rings is 1. The Hall–Kier alpha value is -0.331. The van der Waals surface area contributed by atoms with Crippen LogP contribution in [0.4, 0.5) is 0 Å². The average molecular weight is 214 g/mol. The van der Waals surface area contributed by atoms with Gasteiger partial charge in [-0.25, -0.2) is 0 Å². The Bertz CT molecular complexity index is 273. The average Bonchev–Trinajstić information content (AvgIpc) is 1.86. The van der Waals surface area contributed by atoms with Crippen LogP contribution >= 0.6 is 0 Å². The Morgan fingerprint density at radius 3 is 2.00 bits per heavy atom. The van der Waals surface area contributed by atoms with Crippen LogP contribution in [-0.4, -0.2) is 20.1 Å². The summed E-state index contributed by atoms with van der Waals surface area (Å²) in [5.41, 5.74) is 0.188. The summed E-state index contributed by atoms with van der Waals surface area (Å²) in [5, 5.41) is 0. The number of rotatable bonds is 0. The van der Waals surface area contributed by atoms with Gasteiger partial charge >= 0.3 is 75.0 Å². The van der Waals surface area contributed by atoms with Gasteiger partial charge in [-0.05, 0) is 0 Å². The molecule has 1 nitrogen and oxygen atoms in total. The molecule has 1 aromatic rings. The van der Waals surface area contributed by atoms with Crippen LogP contribution in [0.15, 0.2) is 24.5 Å². The molecular formula is C9H13NSe. The van der Waals surface area contributed by atoms with Crippen LogP contribution in [0.3, 0.4) is 0 Å². The normalized spacial score (nSPS) is 11.5. The first-order valence-electron chi connectivity index (χ1n) is 3.69. The summed E-state index contributed by atoms with van der Waals surface area (Å²) in [7, 11) is 0. The first-order valence-corrected chi connectivity index (χ1v) is 4.54. The van der Waals surface area contributed by atoms with E-state index in [2.05, 4.69) is 65.4 Å². The van der Waals surface area contributed by atoms with Crippen molar-refractivity contribution in [3.8, 4) is 0 Å². The predicted octanol–water partition coefficient (Wildman–Crippen LogP) is 1.94. The van der Waals surface area contributed by atoms with Crippen LogP contribution in [0.2, 0.25) is 0 Å². The van der Waals surface area contributed by atoms with Crippen molar-refractivity contribution in [3.05, 3.63) is 28.6 Å².